The number of ether oxygens (including phenoxy) is 3. The molecule has 1 heterocycles. The molecule has 44 heavy (non-hydrogen) atoms. The molecule has 0 aliphatic carbocycles. The molecule has 0 unspecified atom stereocenters. The number of aliphatic imine (C=N–C) groups is 1. The number of hydrogen-bond donors (Lipinski definition) is 3. The molecule has 0 radical (unpaired) electrons. The Hall–Kier alpha value is -4.09. The van der Waals surface area contributed by atoms with Crippen molar-refractivity contribution in [2.24, 2.45) is 4.99 Å². The van der Waals surface area contributed by atoms with Crippen molar-refractivity contribution in [1.29, 1.82) is 0 Å². The van der Waals surface area contributed by atoms with E-state index >= 15 is 0 Å². The van der Waals surface area contributed by atoms with Crippen LogP contribution in [0.25, 0.3) is 5.70 Å². The summed E-state index contributed by atoms with van der Waals surface area (Å²) in [4.78, 5) is 28.3. The number of aldehydes is 1. The van der Waals surface area contributed by atoms with E-state index in [4.69, 9.17) is 25.8 Å². The highest BCUT2D eigenvalue weighted by Gasteiger charge is 2.20. The minimum Gasteiger partial charge on any atom is -0.379 e. The highest BCUT2D eigenvalue weighted by Crippen LogP contribution is 2.30. The molecule has 0 spiro atoms. The molecule has 0 bridgehead atoms. The van der Waals surface area contributed by atoms with Gasteiger partial charge in [-0.25, -0.2) is 9.38 Å². The average molecular weight is 623 g/mol. The second-order valence-corrected chi connectivity index (χ2v) is 10.3. The standard InChI is InChI=1S/C33H36ClFN4O5/c34-27-10-14-30-31(22-27)36-23-37-39-32(29(33(41)38-30)13-7-25-5-11-28(35)12-6-25)26-8-3-24(4-9-26)2-1-16-42-18-20-44-21-19-43-17-15-40/h3-6,8-12,14-15,22-23,39H,1-2,7,13,16-21H2,(H,36,37)(H,38,41)/b32-29-. The van der Waals surface area contributed by atoms with Gasteiger partial charge in [0.2, 0.25) is 0 Å². The van der Waals surface area contributed by atoms with Gasteiger partial charge in [0.25, 0.3) is 5.91 Å². The fourth-order valence-electron chi connectivity index (χ4n) is 4.50. The molecule has 4 rings (SSSR count). The first-order chi connectivity index (χ1) is 21.5. The van der Waals surface area contributed by atoms with Crippen LogP contribution in [0.3, 0.4) is 0 Å². The Morgan fingerprint density at radius 1 is 0.818 bits per heavy atom. The lowest BCUT2D eigenvalue weighted by Gasteiger charge is -2.20. The Labute approximate surface area is 261 Å². The van der Waals surface area contributed by atoms with E-state index in [1.54, 1.807) is 30.3 Å². The maximum absolute atomic E-state index is 13.7. The van der Waals surface area contributed by atoms with Crippen molar-refractivity contribution in [3.63, 3.8) is 0 Å². The molecule has 0 saturated heterocycles. The first-order valence-electron chi connectivity index (χ1n) is 14.4. The highest BCUT2D eigenvalue weighted by atomic mass is 35.5. The first kappa shape index (κ1) is 32.8. The molecular weight excluding hydrogens is 587 g/mol. The zero-order valence-electron chi connectivity index (χ0n) is 24.3. The second-order valence-electron chi connectivity index (χ2n) is 9.89. The van der Waals surface area contributed by atoms with Crippen LogP contribution in [0.15, 0.2) is 77.3 Å². The summed E-state index contributed by atoms with van der Waals surface area (Å²) in [6.07, 6.45) is 4.82. The molecule has 0 saturated carbocycles. The number of hydrazine groups is 1. The van der Waals surface area contributed by atoms with Crippen LogP contribution in [0.2, 0.25) is 5.02 Å². The van der Waals surface area contributed by atoms with Gasteiger partial charge < -0.3 is 24.3 Å². The Morgan fingerprint density at radius 2 is 1.50 bits per heavy atom. The number of halogens is 2. The van der Waals surface area contributed by atoms with Crippen molar-refractivity contribution in [2.75, 3.05) is 45.0 Å². The number of carbonyl (C=O) groups excluding carboxylic acids is 2. The number of amides is 1. The monoisotopic (exact) mass is 622 g/mol. The van der Waals surface area contributed by atoms with Crippen LogP contribution < -0.4 is 16.2 Å². The highest BCUT2D eigenvalue weighted by molar-refractivity contribution is 6.31. The number of hydrogen-bond acceptors (Lipinski definition) is 8. The number of carbonyl (C=O) groups is 2. The van der Waals surface area contributed by atoms with E-state index in [-0.39, 0.29) is 18.3 Å². The quantitative estimate of drug-likeness (QED) is 0.145. The van der Waals surface area contributed by atoms with E-state index < -0.39 is 0 Å². The molecule has 3 aromatic rings. The fourth-order valence-corrected chi connectivity index (χ4v) is 4.67. The van der Waals surface area contributed by atoms with Gasteiger partial charge in [-0.1, -0.05) is 48.0 Å². The van der Waals surface area contributed by atoms with Crippen LogP contribution in [-0.4, -0.2) is 58.2 Å². The van der Waals surface area contributed by atoms with Crippen LogP contribution in [0.4, 0.5) is 15.8 Å². The van der Waals surface area contributed by atoms with E-state index in [0.717, 1.165) is 29.5 Å². The van der Waals surface area contributed by atoms with Crippen molar-refractivity contribution in [3.8, 4) is 0 Å². The molecule has 0 fully saturated rings. The smallest absolute Gasteiger partial charge is 0.253 e. The second kappa shape index (κ2) is 17.9. The summed E-state index contributed by atoms with van der Waals surface area (Å²) in [5, 5.41) is 3.49. The lowest BCUT2D eigenvalue weighted by atomic mass is 9.97. The summed E-state index contributed by atoms with van der Waals surface area (Å²) in [6.45, 7) is 2.45. The topological polar surface area (TPSA) is 110 Å². The minimum atomic E-state index is -0.305. The van der Waals surface area contributed by atoms with Crippen LogP contribution >= 0.6 is 11.6 Å². The Kier molecular flexibility index (Phi) is 13.3. The van der Waals surface area contributed by atoms with Gasteiger partial charge in [0.05, 0.1) is 43.5 Å². The molecule has 232 valence electrons. The maximum atomic E-state index is 13.7. The summed E-state index contributed by atoms with van der Waals surface area (Å²) in [7, 11) is 0. The first-order valence-corrected chi connectivity index (χ1v) is 14.8. The van der Waals surface area contributed by atoms with Gasteiger partial charge in [0.1, 0.15) is 25.0 Å². The molecule has 1 amide bonds. The lowest BCUT2D eigenvalue weighted by Crippen LogP contribution is -2.32. The van der Waals surface area contributed by atoms with E-state index in [9.17, 15) is 14.0 Å². The molecule has 0 aromatic heterocycles. The summed E-state index contributed by atoms with van der Waals surface area (Å²) in [5.41, 5.74) is 11.2. The predicted molar refractivity (Wildman–Crippen MR) is 169 cm³/mol. The van der Waals surface area contributed by atoms with E-state index in [0.29, 0.717) is 79.8 Å². The van der Waals surface area contributed by atoms with Crippen molar-refractivity contribution in [3.05, 3.63) is 99.8 Å². The molecule has 1 aliphatic rings. The van der Waals surface area contributed by atoms with Crippen molar-refractivity contribution < 1.29 is 28.2 Å². The van der Waals surface area contributed by atoms with E-state index in [1.165, 1.54) is 18.5 Å². The predicted octanol–water partition coefficient (Wildman–Crippen LogP) is 5.41. The third-order valence-corrected chi connectivity index (χ3v) is 6.99. The molecule has 9 nitrogen and oxygen atoms in total. The van der Waals surface area contributed by atoms with E-state index in [2.05, 4.69) is 21.2 Å². The van der Waals surface area contributed by atoms with Crippen LogP contribution in [0, 0.1) is 5.82 Å². The van der Waals surface area contributed by atoms with Gasteiger partial charge in [-0.3, -0.25) is 15.6 Å². The van der Waals surface area contributed by atoms with E-state index in [1.807, 2.05) is 24.3 Å². The molecule has 1 aliphatic heterocycles. The molecule has 3 aromatic carbocycles. The van der Waals surface area contributed by atoms with Crippen molar-refractivity contribution >= 4 is 47.2 Å². The summed E-state index contributed by atoms with van der Waals surface area (Å²) in [6, 6.07) is 19.4. The maximum Gasteiger partial charge on any atom is 0.253 e. The summed E-state index contributed by atoms with van der Waals surface area (Å²) < 4.78 is 29.5. The van der Waals surface area contributed by atoms with Crippen LogP contribution in [-0.2, 0) is 36.6 Å². The SMILES string of the molecule is O=CCOCCOCCOCCCc1ccc(/C2=C(\CCc3ccc(F)cc3)C(=O)Nc3ccc(Cl)cc3N=CNN2)cc1. The third kappa shape index (κ3) is 10.6. The van der Waals surface area contributed by atoms with Crippen LogP contribution in [0.5, 0.6) is 0 Å². The molecular formula is C33H36ClFN4O5. The number of fused-ring (bicyclic) bond motifs is 1. The Bertz CT molecular complexity index is 1430. The number of nitrogens with one attached hydrogen (secondary N) is 3. The van der Waals surface area contributed by atoms with Gasteiger partial charge >= 0.3 is 0 Å². The zero-order valence-corrected chi connectivity index (χ0v) is 25.1. The number of rotatable bonds is 16. The van der Waals surface area contributed by atoms with Crippen molar-refractivity contribution in [2.45, 2.75) is 25.7 Å². The van der Waals surface area contributed by atoms with Crippen LogP contribution in [0.1, 0.15) is 29.5 Å². The van der Waals surface area contributed by atoms with Crippen molar-refractivity contribution in [1.82, 2.24) is 10.9 Å². The minimum absolute atomic E-state index is 0.0831. The average Bonchev–Trinajstić information content (AvgIpc) is 3.03. The fraction of sp³-hybridized carbons (Fsp3) is 0.303. The summed E-state index contributed by atoms with van der Waals surface area (Å²) in [5.74, 6) is -0.587. The summed E-state index contributed by atoms with van der Waals surface area (Å²) >= 11 is 6.15. The van der Waals surface area contributed by atoms with Gasteiger partial charge in [-0.05, 0) is 72.7 Å². The Balaban J connectivity index is 1.41. The number of nitrogens with zero attached hydrogens (tertiary/aromatic N) is 1. The number of benzene rings is 3. The molecule has 11 heteroatoms. The van der Waals surface area contributed by atoms with Gasteiger partial charge in [-0.2, -0.15) is 0 Å². The number of aryl methyl sites for hydroxylation is 2. The third-order valence-electron chi connectivity index (χ3n) is 6.75. The lowest BCUT2D eigenvalue weighted by molar-refractivity contribution is -0.113. The molecule has 0 atom stereocenters. The largest absolute Gasteiger partial charge is 0.379 e. The van der Waals surface area contributed by atoms with Gasteiger partial charge in [0, 0.05) is 17.2 Å². The number of anilines is 1. The Morgan fingerprint density at radius 3 is 2.25 bits per heavy atom. The normalized spacial score (nSPS) is 14.7. The van der Waals surface area contributed by atoms with Gasteiger partial charge in [0.15, 0.2) is 0 Å². The molecule has 3 N–H and O–H groups in total. The van der Waals surface area contributed by atoms with Gasteiger partial charge in [-0.15, -0.1) is 0 Å². The zero-order chi connectivity index (χ0) is 31.0.